The highest BCUT2D eigenvalue weighted by atomic mass is 32.1. The van der Waals surface area contributed by atoms with Crippen LogP contribution in [0.2, 0.25) is 0 Å². The molecule has 3 heterocycles. The van der Waals surface area contributed by atoms with E-state index in [2.05, 4.69) is 30.5 Å². The number of rotatable bonds is 4. The number of azide groups is 1. The number of nitrogens with zero attached hydrogens (tertiary/aromatic N) is 5. The Morgan fingerprint density at radius 3 is 2.78 bits per heavy atom. The molecule has 1 aromatic carbocycles. The van der Waals surface area contributed by atoms with E-state index in [-0.39, 0.29) is 0 Å². The van der Waals surface area contributed by atoms with Gasteiger partial charge in [0, 0.05) is 28.4 Å². The number of carbonyl (C=O) groups is 1. The van der Waals surface area contributed by atoms with Crippen molar-refractivity contribution in [1.82, 2.24) is 15.2 Å². The number of pyridine rings is 1. The Morgan fingerprint density at radius 2 is 2.07 bits per heavy atom. The van der Waals surface area contributed by atoms with E-state index in [0.29, 0.717) is 10.6 Å². The molecule has 0 aliphatic carbocycles. The van der Waals surface area contributed by atoms with Gasteiger partial charge in [0.2, 0.25) is 0 Å². The fourth-order valence-electron chi connectivity index (χ4n) is 2.82. The Labute approximate surface area is 157 Å². The minimum atomic E-state index is -0.620. The van der Waals surface area contributed by atoms with E-state index < -0.39 is 5.91 Å². The van der Waals surface area contributed by atoms with Gasteiger partial charge in [0.25, 0.3) is 5.91 Å². The summed E-state index contributed by atoms with van der Waals surface area (Å²) in [6.45, 7) is 1.99. The first-order valence-corrected chi connectivity index (χ1v) is 8.82. The van der Waals surface area contributed by atoms with E-state index >= 15 is 0 Å². The van der Waals surface area contributed by atoms with Crippen LogP contribution in [0.15, 0.2) is 54.0 Å². The molecule has 0 atom stereocenters. The second kappa shape index (κ2) is 6.91. The van der Waals surface area contributed by atoms with Crippen LogP contribution in [0.25, 0.3) is 31.8 Å². The van der Waals surface area contributed by atoms with Crippen LogP contribution in [-0.4, -0.2) is 21.1 Å². The summed E-state index contributed by atoms with van der Waals surface area (Å²) in [7, 11) is 0. The Morgan fingerprint density at radius 1 is 1.26 bits per heavy atom. The predicted octanol–water partition coefficient (Wildman–Crippen LogP) is 5.19. The first-order valence-electron chi connectivity index (χ1n) is 8.00. The molecule has 0 bridgehead atoms. The number of thiophene rings is 1. The lowest BCUT2D eigenvalue weighted by Gasteiger charge is -2.08. The van der Waals surface area contributed by atoms with Crippen LogP contribution in [-0.2, 0) is 0 Å². The molecule has 9 heteroatoms. The molecular formula is C18H13N7OS. The lowest BCUT2D eigenvalue weighted by molar-refractivity contribution is 0.100. The zero-order valence-electron chi connectivity index (χ0n) is 14.2. The van der Waals surface area contributed by atoms with Gasteiger partial charge in [-0.1, -0.05) is 12.1 Å². The van der Waals surface area contributed by atoms with Gasteiger partial charge in [-0.3, -0.25) is 14.9 Å². The Hall–Kier alpha value is -3.68. The Kier molecular flexibility index (Phi) is 4.29. The highest BCUT2D eigenvalue weighted by molar-refractivity contribution is 7.21. The van der Waals surface area contributed by atoms with Crippen LogP contribution in [0, 0.1) is 6.92 Å². The van der Waals surface area contributed by atoms with Gasteiger partial charge in [0.15, 0.2) is 0 Å². The number of nitrogens with one attached hydrogen (secondary N) is 2. The van der Waals surface area contributed by atoms with Gasteiger partial charge in [0.1, 0.15) is 4.88 Å². The van der Waals surface area contributed by atoms with Crippen molar-refractivity contribution in [3.05, 3.63) is 69.8 Å². The third kappa shape index (κ3) is 3.12. The molecule has 0 aliphatic heterocycles. The number of aromatic amines is 1. The Balaban J connectivity index is 1.72. The lowest BCUT2D eigenvalue weighted by atomic mass is 10.1. The number of carbonyl (C=O) groups excluding carboxylic acids is 1. The van der Waals surface area contributed by atoms with Crippen molar-refractivity contribution in [3.8, 4) is 11.3 Å². The van der Waals surface area contributed by atoms with Gasteiger partial charge in [-0.2, -0.15) is 5.10 Å². The second-order valence-electron chi connectivity index (χ2n) is 5.80. The van der Waals surface area contributed by atoms with Crippen molar-refractivity contribution in [3.63, 3.8) is 0 Å². The number of fused-ring (bicyclic) bond motifs is 1. The summed E-state index contributed by atoms with van der Waals surface area (Å²) < 4.78 is 0.834. The number of amides is 1. The topological polar surface area (TPSA) is 119 Å². The van der Waals surface area contributed by atoms with Crippen molar-refractivity contribution in [2.24, 2.45) is 5.11 Å². The molecular weight excluding hydrogens is 362 g/mol. The summed E-state index contributed by atoms with van der Waals surface area (Å²) in [5, 5.41) is 14.4. The number of H-pyrrole nitrogens is 1. The summed E-state index contributed by atoms with van der Waals surface area (Å²) >= 11 is 1.24. The molecule has 8 nitrogen and oxygen atoms in total. The number of benzene rings is 1. The smallest absolute Gasteiger partial charge is 0.261 e. The van der Waals surface area contributed by atoms with Crippen molar-refractivity contribution < 1.29 is 4.79 Å². The summed E-state index contributed by atoms with van der Waals surface area (Å²) in [4.78, 5) is 19.2. The van der Waals surface area contributed by atoms with E-state index in [9.17, 15) is 4.79 Å². The molecule has 0 saturated carbocycles. The third-order valence-corrected chi connectivity index (χ3v) is 5.22. The highest BCUT2D eigenvalue weighted by Gasteiger charge is 2.18. The maximum atomic E-state index is 12.2. The normalized spacial score (nSPS) is 10.6. The van der Waals surface area contributed by atoms with Crippen LogP contribution < -0.4 is 5.32 Å². The van der Waals surface area contributed by atoms with Gasteiger partial charge in [-0.15, -0.1) is 11.3 Å². The van der Waals surface area contributed by atoms with Crippen LogP contribution in [0.3, 0.4) is 0 Å². The van der Waals surface area contributed by atoms with Crippen LogP contribution in [0.4, 0.5) is 11.4 Å². The van der Waals surface area contributed by atoms with Crippen molar-refractivity contribution in [2.75, 3.05) is 5.32 Å². The summed E-state index contributed by atoms with van der Waals surface area (Å²) in [5.74, 6) is -0.620. The number of aromatic nitrogens is 3. The van der Waals surface area contributed by atoms with Gasteiger partial charge < -0.3 is 5.32 Å². The average molecular weight is 375 g/mol. The molecule has 1 amide bonds. The first-order chi connectivity index (χ1) is 13.2. The molecule has 0 fully saturated rings. The minimum Gasteiger partial charge on any atom is -0.354 e. The van der Waals surface area contributed by atoms with Crippen LogP contribution >= 0.6 is 11.3 Å². The molecule has 4 rings (SSSR count). The van der Waals surface area contributed by atoms with E-state index in [0.717, 1.165) is 32.6 Å². The fraction of sp³-hybridized carbons (Fsp3) is 0.0556. The monoisotopic (exact) mass is 375 g/mol. The van der Waals surface area contributed by atoms with E-state index in [1.54, 1.807) is 18.6 Å². The van der Waals surface area contributed by atoms with Crippen LogP contribution in [0.1, 0.15) is 15.2 Å². The third-order valence-electron chi connectivity index (χ3n) is 4.09. The standard InChI is InChI=1S/C18H13N7OS/c1-10-8-21-23-15(10)11-2-4-12(5-3-11)22-16-13-6-7-20-9-14(13)27-17(16)18(26)24-25-19/h2-9,22H,1H3,(H,21,23). The highest BCUT2D eigenvalue weighted by Crippen LogP contribution is 2.38. The number of hydrogen-bond donors (Lipinski definition) is 2. The summed E-state index contributed by atoms with van der Waals surface area (Å²) in [5.41, 5.74) is 13.1. The van der Waals surface area contributed by atoms with Crippen molar-refractivity contribution in [2.45, 2.75) is 6.92 Å². The zero-order chi connectivity index (χ0) is 18.8. The maximum Gasteiger partial charge on any atom is 0.261 e. The fourth-order valence-corrected chi connectivity index (χ4v) is 3.82. The zero-order valence-corrected chi connectivity index (χ0v) is 15.0. The predicted molar refractivity (Wildman–Crippen MR) is 105 cm³/mol. The molecule has 0 unspecified atom stereocenters. The first kappa shape index (κ1) is 16.8. The molecule has 0 spiro atoms. The lowest BCUT2D eigenvalue weighted by Crippen LogP contribution is -1.97. The van der Waals surface area contributed by atoms with Gasteiger partial charge in [-0.05, 0) is 46.9 Å². The van der Waals surface area contributed by atoms with Gasteiger partial charge in [0.05, 0.1) is 22.3 Å². The minimum absolute atomic E-state index is 0.351. The van der Waals surface area contributed by atoms with E-state index in [1.165, 1.54) is 11.3 Å². The summed E-state index contributed by atoms with van der Waals surface area (Å²) in [6.07, 6.45) is 5.12. The SMILES string of the molecule is Cc1cn[nH]c1-c1ccc(Nc2c(C(=O)N=[N+]=[N-])sc3cnccc23)cc1. The molecule has 2 N–H and O–H groups in total. The maximum absolute atomic E-state index is 12.2. The Bertz CT molecular complexity index is 1190. The van der Waals surface area contributed by atoms with E-state index in [4.69, 9.17) is 5.53 Å². The molecule has 0 radical (unpaired) electrons. The van der Waals surface area contributed by atoms with Gasteiger partial charge >= 0.3 is 0 Å². The average Bonchev–Trinajstić information content (AvgIpc) is 3.27. The van der Waals surface area contributed by atoms with Crippen LogP contribution in [0.5, 0.6) is 0 Å². The summed E-state index contributed by atoms with van der Waals surface area (Å²) in [6, 6.07) is 9.59. The molecule has 0 saturated heterocycles. The van der Waals surface area contributed by atoms with Gasteiger partial charge in [-0.25, -0.2) is 0 Å². The molecule has 3 aromatic heterocycles. The largest absolute Gasteiger partial charge is 0.354 e. The van der Waals surface area contributed by atoms with E-state index in [1.807, 2.05) is 37.3 Å². The van der Waals surface area contributed by atoms with Crippen molar-refractivity contribution in [1.29, 1.82) is 0 Å². The molecule has 4 aromatic rings. The van der Waals surface area contributed by atoms with Crippen molar-refractivity contribution >= 4 is 38.7 Å². The number of anilines is 2. The number of hydrogen-bond acceptors (Lipinski definition) is 5. The number of aryl methyl sites for hydroxylation is 1. The second-order valence-corrected chi connectivity index (χ2v) is 6.86. The quantitative estimate of drug-likeness (QED) is 0.290. The molecule has 132 valence electrons. The molecule has 0 aliphatic rings. The molecule has 27 heavy (non-hydrogen) atoms.